The summed E-state index contributed by atoms with van der Waals surface area (Å²) in [6.45, 7) is 6.13. The van der Waals surface area contributed by atoms with Gasteiger partial charge in [0.05, 0.1) is 11.9 Å². The molecule has 0 unspecified atom stereocenters. The molecule has 0 aliphatic heterocycles. The Morgan fingerprint density at radius 3 is 2.75 bits per heavy atom. The number of hydrogen-bond acceptors (Lipinski definition) is 5. The molecule has 0 aliphatic carbocycles. The largest absolute Gasteiger partial charge is 0.452 e. The average Bonchev–Trinajstić information content (AvgIpc) is 3.04. The third kappa shape index (κ3) is 4.18. The van der Waals surface area contributed by atoms with Crippen molar-refractivity contribution in [2.45, 2.75) is 33.1 Å². The molecular weight excluding hydrogens is 308 g/mol. The maximum Gasteiger partial charge on any atom is 0.342 e. The predicted octanol–water partition coefficient (Wildman–Crippen LogP) is 2.07. The van der Waals surface area contributed by atoms with E-state index in [1.165, 1.54) is 6.20 Å². The first kappa shape index (κ1) is 17.7. The van der Waals surface area contributed by atoms with Gasteiger partial charge in [-0.05, 0) is 24.5 Å². The lowest BCUT2D eigenvalue weighted by Crippen LogP contribution is -2.29. The lowest BCUT2D eigenvalue weighted by Gasteiger charge is -2.12. The summed E-state index contributed by atoms with van der Waals surface area (Å²) in [7, 11) is 0. The Morgan fingerprint density at radius 2 is 2.12 bits per heavy atom. The second kappa shape index (κ2) is 8.24. The third-order valence-electron chi connectivity index (χ3n) is 3.35. The first-order chi connectivity index (χ1) is 11.5. The number of nitrogens with zero attached hydrogens (tertiary/aromatic N) is 3. The Labute approximate surface area is 141 Å². The summed E-state index contributed by atoms with van der Waals surface area (Å²) in [5.74, 6) is -0.215. The quantitative estimate of drug-likeness (QED) is 0.786. The zero-order valence-electron chi connectivity index (χ0n) is 14.2. The molecule has 0 fully saturated rings. The Balaban J connectivity index is 2.17. The molecule has 0 radical (unpaired) electrons. The Hall–Kier alpha value is -2.70. The number of hydrogen-bond donors (Lipinski definition) is 1. The SMILES string of the molecule is CCCNC(=O)COC(=O)c1cnn(-c2ccccn2)c1C(C)C. The van der Waals surface area contributed by atoms with Crippen LogP contribution in [0.15, 0.2) is 30.6 Å². The molecule has 1 amide bonds. The molecule has 7 nitrogen and oxygen atoms in total. The predicted molar refractivity (Wildman–Crippen MR) is 89.0 cm³/mol. The normalized spacial score (nSPS) is 10.7. The molecule has 7 heteroatoms. The van der Waals surface area contributed by atoms with E-state index in [9.17, 15) is 9.59 Å². The highest BCUT2D eigenvalue weighted by Crippen LogP contribution is 2.22. The Kier molecular flexibility index (Phi) is 6.06. The fourth-order valence-electron chi connectivity index (χ4n) is 2.26. The molecule has 1 N–H and O–H groups in total. The number of rotatable bonds is 7. The van der Waals surface area contributed by atoms with Gasteiger partial charge < -0.3 is 10.1 Å². The van der Waals surface area contributed by atoms with E-state index in [1.54, 1.807) is 10.9 Å². The Morgan fingerprint density at radius 1 is 1.33 bits per heavy atom. The van der Waals surface area contributed by atoms with Gasteiger partial charge in [-0.3, -0.25) is 4.79 Å². The molecule has 24 heavy (non-hydrogen) atoms. The van der Waals surface area contributed by atoms with E-state index >= 15 is 0 Å². The first-order valence-corrected chi connectivity index (χ1v) is 7.97. The summed E-state index contributed by atoms with van der Waals surface area (Å²) < 4.78 is 6.73. The van der Waals surface area contributed by atoms with E-state index in [4.69, 9.17) is 4.74 Å². The monoisotopic (exact) mass is 330 g/mol. The number of carbonyl (C=O) groups is 2. The van der Waals surface area contributed by atoms with Crippen molar-refractivity contribution < 1.29 is 14.3 Å². The van der Waals surface area contributed by atoms with Crippen LogP contribution in [0.3, 0.4) is 0 Å². The third-order valence-corrected chi connectivity index (χ3v) is 3.35. The van der Waals surface area contributed by atoms with Crippen LogP contribution < -0.4 is 5.32 Å². The smallest absolute Gasteiger partial charge is 0.342 e. The number of nitrogens with one attached hydrogen (secondary N) is 1. The first-order valence-electron chi connectivity index (χ1n) is 7.97. The number of ether oxygens (including phenoxy) is 1. The molecule has 2 rings (SSSR count). The summed E-state index contributed by atoms with van der Waals surface area (Å²) in [6.07, 6.45) is 3.95. The average molecular weight is 330 g/mol. The number of pyridine rings is 1. The van der Waals surface area contributed by atoms with Crippen molar-refractivity contribution in [3.8, 4) is 5.82 Å². The summed E-state index contributed by atoms with van der Waals surface area (Å²) in [5, 5.41) is 6.92. The number of aromatic nitrogens is 3. The highest BCUT2D eigenvalue weighted by molar-refractivity contribution is 5.92. The van der Waals surface area contributed by atoms with Crippen LogP contribution in [-0.4, -0.2) is 39.8 Å². The van der Waals surface area contributed by atoms with Gasteiger partial charge in [0.25, 0.3) is 5.91 Å². The van der Waals surface area contributed by atoms with Gasteiger partial charge in [-0.1, -0.05) is 26.8 Å². The van der Waals surface area contributed by atoms with Crippen LogP contribution in [0.5, 0.6) is 0 Å². The van der Waals surface area contributed by atoms with E-state index in [0.29, 0.717) is 23.6 Å². The molecule has 0 aromatic carbocycles. The molecular formula is C17H22N4O3. The topological polar surface area (TPSA) is 86.1 Å². The summed E-state index contributed by atoms with van der Waals surface area (Å²) >= 11 is 0. The van der Waals surface area contributed by atoms with Crippen LogP contribution in [0.25, 0.3) is 5.82 Å². The van der Waals surface area contributed by atoms with Crippen LogP contribution in [0.4, 0.5) is 0 Å². The second-order valence-electron chi connectivity index (χ2n) is 5.62. The second-order valence-corrected chi connectivity index (χ2v) is 5.62. The molecule has 2 aromatic rings. The summed E-state index contributed by atoms with van der Waals surface area (Å²) in [5.41, 5.74) is 1.05. The molecule has 0 saturated carbocycles. The van der Waals surface area contributed by atoms with Gasteiger partial charge in [0.15, 0.2) is 12.4 Å². The van der Waals surface area contributed by atoms with Gasteiger partial charge in [-0.25, -0.2) is 14.5 Å². The number of amides is 1. The van der Waals surface area contributed by atoms with Crippen molar-refractivity contribution in [2.24, 2.45) is 0 Å². The van der Waals surface area contributed by atoms with Crippen molar-refractivity contribution in [3.05, 3.63) is 41.9 Å². The fraction of sp³-hybridized carbons (Fsp3) is 0.412. The Bertz CT molecular complexity index is 695. The minimum Gasteiger partial charge on any atom is -0.452 e. The lowest BCUT2D eigenvalue weighted by atomic mass is 10.1. The molecule has 0 aliphatic rings. The van der Waals surface area contributed by atoms with Crippen molar-refractivity contribution in [3.63, 3.8) is 0 Å². The molecule has 0 spiro atoms. The van der Waals surface area contributed by atoms with E-state index in [-0.39, 0.29) is 18.4 Å². The minimum absolute atomic E-state index is 0.0333. The van der Waals surface area contributed by atoms with Gasteiger partial charge in [-0.15, -0.1) is 0 Å². The van der Waals surface area contributed by atoms with E-state index in [1.807, 2.05) is 39.0 Å². The molecule has 0 saturated heterocycles. The van der Waals surface area contributed by atoms with Crippen LogP contribution in [0.1, 0.15) is 49.2 Å². The van der Waals surface area contributed by atoms with E-state index in [0.717, 1.165) is 6.42 Å². The zero-order valence-corrected chi connectivity index (χ0v) is 14.2. The fourth-order valence-corrected chi connectivity index (χ4v) is 2.26. The molecule has 0 atom stereocenters. The maximum atomic E-state index is 12.3. The minimum atomic E-state index is -0.562. The van der Waals surface area contributed by atoms with E-state index < -0.39 is 5.97 Å². The van der Waals surface area contributed by atoms with Crippen molar-refractivity contribution >= 4 is 11.9 Å². The number of carbonyl (C=O) groups excluding carboxylic acids is 2. The van der Waals surface area contributed by atoms with Gasteiger partial charge in [-0.2, -0.15) is 5.10 Å². The van der Waals surface area contributed by atoms with Gasteiger partial charge in [0, 0.05) is 12.7 Å². The van der Waals surface area contributed by atoms with Crippen LogP contribution in [0.2, 0.25) is 0 Å². The molecule has 2 aromatic heterocycles. The van der Waals surface area contributed by atoms with Crippen molar-refractivity contribution in [1.82, 2.24) is 20.1 Å². The van der Waals surface area contributed by atoms with Gasteiger partial charge >= 0.3 is 5.97 Å². The maximum absolute atomic E-state index is 12.3. The highest BCUT2D eigenvalue weighted by atomic mass is 16.5. The number of esters is 1. The summed E-state index contributed by atoms with van der Waals surface area (Å²) in [4.78, 5) is 28.1. The van der Waals surface area contributed by atoms with Crippen LogP contribution in [-0.2, 0) is 9.53 Å². The van der Waals surface area contributed by atoms with Gasteiger partial charge in [0.2, 0.25) is 0 Å². The van der Waals surface area contributed by atoms with Crippen LogP contribution in [0, 0.1) is 0 Å². The molecule has 0 bridgehead atoms. The zero-order chi connectivity index (χ0) is 17.5. The standard InChI is InChI=1S/C17H22N4O3/c1-4-8-19-15(22)11-24-17(23)13-10-20-21(16(13)12(2)3)14-7-5-6-9-18-14/h5-7,9-10,12H,4,8,11H2,1-3H3,(H,19,22). The highest BCUT2D eigenvalue weighted by Gasteiger charge is 2.22. The van der Waals surface area contributed by atoms with Crippen molar-refractivity contribution in [1.29, 1.82) is 0 Å². The lowest BCUT2D eigenvalue weighted by molar-refractivity contribution is -0.124. The van der Waals surface area contributed by atoms with E-state index in [2.05, 4.69) is 15.4 Å². The van der Waals surface area contributed by atoms with Gasteiger partial charge in [0.1, 0.15) is 5.56 Å². The van der Waals surface area contributed by atoms with Crippen LogP contribution >= 0.6 is 0 Å². The van der Waals surface area contributed by atoms with Crippen molar-refractivity contribution in [2.75, 3.05) is 13.2 Å². The molecule has 128 valence electrons. The summed E-state index contributed by atoms with van der Waals surface area (Å²) in [6, 6.07) is 5.47. The molecule has 2 heterocycles.